The number of rotatable bonds is 6. The topological polar surface area (TPSA) is 0 Å². The lowest BCUT2D eigenvalue weighted by molar-refractivity contribution is 0.634. The van der Waals surface area contributed by atoms with Crippen molar-refractivity contribution in [2.24, 2.45) is 16.7 Å². The van der Waals surface area contributed by atoms with Gasteiger partial charge in [-0.3, -0.25) is 0 Å². The Morgan fingerprint density at radius 1 is 0.833 bits per heavy atom. The summed E-state index contributed by atoms with van der Waals surface area (Å²) in [4.78, 5) is 0. The van der Waals surface area contributed by atoms with Gasteiger partial charge in [-0.25, -0.2) is 0 Å². The predicted molar refractivity (Wildman–Crippen MR) is 220 cm³/mol. The molecule has 264 valence electrons. The van der Waals surface area contributed by atoms with E-state index in [4.69, 9.17) is 0 Å². The summed E-state index contributed by atoms with van der Waals surface area (Å²) < 4.78 is 0. The van der Waals surface area contributed by atoms with E-state index in [1.54, 1.807) is 11.1 Å². The highest BCUT2D eigenvalue weighted by atomic mass is 14.2. The van der Waals surface area contributed by atoms with Gasteiger partial charge in [-0.15, -0.1) is 13.2 Å². The maximum absolute atomic E-state index is 3.69. The van der Waals surface area contributed by atoms with Gasteiger partial charge in [0.05, 0.1) is 0 Å². The van der Waals surface area contributed by atoms with Crippen LogP contribution in [0, 0.1) is 16.7 Å². The van der Waals surface area contributed by atoms with E-state index >= 15 is 0 Å². The first-order chi connectivity index (χ1) is 22.7. The number of allylic oxidation sites excluding steroid dienone is 22. The molecule has 0 aromatic rings. The van der Waals surface area contributed by atoms with Crippen LogP contribution in [0.25, 0.3) is 0 Å². The maximum Gasteiger partial charge on any atom is 0.00133 e. The Morgan fingerprint density at radius 2 is 1.48 bits per heavy atom. The summed E-state index contributed by atoms with van der Waals surface area (Å²) in [6, 6.07) is 0. The lowest BCUT2D eigenvalue weighted by atomic mass is 9.96. The fourth-order valence-electron chi connectivity index (χ4n) is 6.37. The van der Waals surface area contributed by atoms with Crippen molar-refractivity contribution >= 4 is 0 Å². The molecule has 0 nitrogen and oxygen atoms in total. The molecular weight excluding hydrogens is 577 g/mol. The van der Waals surface area contributed by atoms with Gasteiger partial charge >= 0.3 is 0 Å². The molecule has 6 aliphatic carbocycles. The molecule has 1 unspecified atom stereocenters. The van der Waals surface area contributed by atoms with E-state index in [-0.39, 0.29) is 0 Å². The first kappa shape index (κ1) is 42.9. The summed E-state index contributed by atoms with van der Waals surface area (Å²) in [5.41, 5.74) is 11.1. The minimum atomic E-state index is 0.323. The van der Waals surface area contributed by atoms with Gasteiger partial charge in [0.1, 0.15) is 0 Å². The maximum atomic E-state index is 3.69. The van der Waals surface area contributed by atoms with E-state index in [1.807, 2.05) is 12.2 Å². The third-order valence-electron chi connectivity index (χ3n) is 8.97. The van der Waals surface area contributed by atoms with Crippen LogP contribution in [0.4, 0.5) is 0 Å². The second-order valence-electron chi connectivity index (χ2n) is 15.5. The largest absolute Gasteiger partial charge is 0.103 e. The van der Waals surface area contributed by atoms with Crippen LogP contribution in [0.5, 0.6) is 0 Å². The van der Waals surface area contributed by atoms with Gasteiger partial charge in [0.25, 0.3) is 0 Å². The van der Waals surface area contributed by atoms with Gasteiger partial charge in [-0.2, -0.15) is 0 Å². The average molecular weight is 649 g/mol. The van der Waals surface area contributed by atoms with Crippen molar-refractivity contribution in [1.82, 2.24) is 0 Å². The molecule has 0 aliphatic heterocycles. The van der Waals surface area contributed by atoms with Gasteiger partial charge in [0, 0.05) is 10.8 Å². The zero-order valence-corrected chi connectivity index (χ0v) is 32.9. The molecule has 0 amide bonds. The second-order valence-corrected chi connectivity index (χ2v) is 15.5. The normalized spacial score (nSPS) is 21.4. The lowest BCUT2D eigenvalue weighted by Crippen LogP contribution is -1.97. The van der Waals surface area contributed by atoms with Crippen molar-refractivity contribution in [3.05, 3.63) is 143 Å². The standard InChI is InChI=1S/6C8H12/c1-6-4-7(2)8(3)5-6;2*1-7-4-5-8(2,3)6-7;3*1-2-5-8-6-3-4-7-8/h4H,5H2,1-3H3;2*4-6H,1-3H3;3-4,6H,2,5,7H2,1H3;2,6H,1,3-5,7H2;2-3,6,8H,1,4-5,7H2. The molecule has 0 spiro atoms. The van der Waals surface area contributed by atoms with Gasteiger partial charge < -0.3 is 0 Å². The molecule has 0 heteroatoms. The van der Waals surface area contributed by atoms with Crippen LogP contribution in [0.15, 0.2) is 143 Å². The summed E-state index contributed by atoms with van der Waals surface area (Å²) in [5.74, 6) is 0.812. The minimum absolute atomic E-state index is 0.323. The average Bonchev–Trinajstić information content (AvgIpc) is 3.86. The van der Waals surface area contributed by atoms with Crippen molar-refractivity contribution in [1.29, 1.82) is 0 Å². The first-order valence-corrected chi connectivity index (χ1v) is 18.7. The molecule has 0 fully saturated rings. The smallest absolute Gasteiger partial charge is 0.00133 e. The Hall–Kier alpha value is -3.12. The second kappa shape index (κ2) is 23.3. The molecule has 0 bridgehead atoms. The minimum Gasteiger partial charge on any atom is -0.103 e. The SMILES string of the molecule is C=CCC1=CCCC1.C=CCC1C=CCC1.CC1=CC(C)(C)C=C1.CC1=CC(C)(C)C=C1.CC1=CC(C)=C(C)C1.CCCC1=CC=CC1. The van der Waals surface area contributed by atoms with E-state index in [0.717, 1.165) is 18.8 Å². The van der Waals surface area contributed by atoms with Crippen molar-refractivity contribution in [2.45, 2.75) is 140 Å². The van der Waals surface area contributed by atoms with Crippen LogP contribution in [0.1, 0.15) is 140 Å². The zero-order valence-electron chi connectivity index (χ0n) is 32.9. The molecule has 0 aromatic heterocycles. The molecule has 0 N–H and O–H groups in total. The monoisotopic (exact) mass is 649 g/mol. The van der Waals surface area contributed by atoms with Crippen LogP contribution in [0.2, 0.25) is 0 Å². The quantitative estimate of drug-likeness (QED) is 0.251. The molecule has 0 saturated heterocycles. The highest BCUT2D eigenvalue weighted by molar-refractivity contribution is 5.35. The number of hydrogen-bond donors (Lipinski definition) is 0. The van der Waals surface area contributed by atoms with E-state index in [9.17, 15) is 0 Å². The van der Waals surface area contributed by atoms with Crippen LogP contribution in [-0.2, 0) is 0 Å². The molecule has 1 atom stereocenters. The fraction of sp³-hybridized carbons (Fsp3) is 0.500. The molecule has 6 aliphatic rings. The molecular formula is C48H72. The molecule has 0 saturated carbocycles. The summed E-state index contributed by atoms with van der Waals surface area (Å²) >= 11 is 0. The molecule has 0 radical (unpaired) electrons. The van der Waals surface area contributed by atoms with E-state index in [1.165, 1.54) is 85.7 Å². The molecule has 48 heavy (non-hydrogen) atoms. The highest BCUT2D eigenvalue weighted by Gasteiger charge is 2.14. The summed E-state index contributed by atoms with van der Waals surface area (Å²) in [6.45, 7) is 29.2. The van der Waals surface area contributed by atoms with Crippen LogP contribution < -0.4 is 0 Å². The lowest BCUT2D eigenvalue weighted by Gasteiger charge is -2.08. The predicted octanol–water partition coefficient (Wildman–Crippen LogP) is 15.6. The van der Waals surface area contributed by atoms with Crippen molar-refractivity contribution in [2.75, 3.05) is 0 Å². The van der Waals surface area contributed by atoms with E-state index in [2.05, 4.69) is 161 Å². The fourth-order valence-corrected chi connectivity index (χ4v) is 6.37. The van der Waals surface area contributed by atoms with E-state index < -0.39 is 0 Å². The van der Waals surface area contributed by atoms with Gasteiger partial charge in [-0.05, 0) is 105 Å². The zero-order chi connectivity index (χ0) is 36.0. The van der Waals surface area contributed by atoms with Crippen molar-refractivity contribution < 1.29 is 0 Å². The first-order valence-electron chi connectivity index (χ1n) is 18.7. The van der Waals surface area contributed by atoms with Gasteiger partial charge in [0.15, 0.2) is 0 Å². The van der Waals surface area contributed by atoms with Gasteiger partial charge in [-0.1, -0.05) is 171 Å². The van der Waals surface area contributed by atoms with Crippen LogP contribution in [-0.4, -0.2) is 0 Å². The molecule has 6 rings (SSSR count). The Balaban J connectivity index is 0.000000288. The molecule has 0 heterocycles. The summed E-state index contributed by atoms with van der Waals surface area (Å²) in [7, 11) is 0. The molecule has 0 aromatic carbocycles. The third kappa shape index (κ3) is 20.3. The van der Waals surface area contributed by atoms with Crippen molar-refractivity contribution in [3.8, 4) is 0 Å². The van der Waals surface area contributed by atoms with Gasteiger partial charge in [0.2, 0.25) is 0 Å². The Labute approximate surface area is 299 Å². The summed E-state index contributed by atoms with van der Waals surface area (Å²) in [5, 5.41) is 0. The Bertz CT molecular complexity index is 1270. The van der Waals surface area contributed by atoms with E-state index in [0.29, 0.717) is 10.8 Å². The summed E-state index contributed by atoms with van der Waals surface area (Å²) in [6.07, 6.45) is 46.9. The Kier molecular flexibility index (Phi) is 20.8. The van der Waals surface area contributed by atoms with Crippen molar-refractivity contribution in [3.63, 3.8) is 0 Å². The van der Waals surface area contributed by atoms with Crippen LogP contribution in [0.3, 0.4) is 0 Å². The van der Waals surface area contributed by atoms with Crippen LogP contribution >= 0.6 is 0 Å². The highest BCUT2D eigenvalue weighted by Crippen LogP contribution is 2.28. The Morgan fingerprint density at radius 3 is 1.77 bits per heavy atom. The third-order valence-corrected chi connectivity index (χ3v) is 8.97. The number of hydrogen-bond acceptors (Lipinski definition) is 0.